The van der Waals surface area contributed by atoms with E-state index in [1.165, 1.54) is 18.4 Å². The molecule has 0 radical (unpaired) electrons. The lowest BCUT2D eigenvalue weighted by Crippen LogP contribution is -2.41. The summed E-state index contributed by atoms with van der Waals surface area (Å²) in [6, 6.07) is 0. The highest BCUT2D eigenvalue weighted by molar-refractivity contribution is 5.61. The first kappa shape index (κ1) is 15.6. The molecule has 5 nitrogen and oxygen atoms in total. The van der Waals surface area contributed by atoms with Crippen molar-refractivity contribution in [1.29, 1.82) is 0 Å². The summed E-state index contributed by atoms with van der Waals surface area (Å²) in [5, 5.41) is 2.03. The number of nitrogen functional groups attached to an aromatic ring is 1. The van der Waals surface area contributed by atoms with E-state index in [1.807, 2.05) is 0 Å². The Morgan fingerprint density at radius 1 is 1.21 bits per heavy atom. The molecule has 2 atom stereocenters. The number of likely N-dealkylation sites (N-methyl/N-ethyl adjacent to an activating group) is 1. The summed E-state index contributed by atoms with van der Waals surface area (Å²) in [5.41, 5.74) is 7.33. The van der Waals surface area contributed by atoms with Gasteiger partial charge in [0, 0.05) is 6.54 Å². The maximum atomic E-state index is 6.30. The second-order valence-corrected chi connectivity index (χ2v) is 7.21. The third-order valence-electron chi connectivity index (χ3n) is 5.34. The molecule has 3 aliphatic rings. The number of fused-ring (bicyclic) bond motifs is 2. The molecule has 0 aromatic carbocycles. The van der Waals surface area contributed by atoms with Crippen LogP contribution in [0, 0.1) is 5.92 Å². The highest BCUT2D eigenvalue weighted by atomic mass is 16.5. The van der Waals surface area contributed by atoms with Gasteiger partial charge in [0.15, 0.2) is 0 Å². The van der Waals surface area contributed by atoms with Crippen molar-refractivity contribution in [3.8, 4) is 5.88 Å². The summed E-state index contributed by atoms with van der Waals surface area (Å²) >= 11 is 0. The molecule has 0 amide bonds. The number of rotatable bonds is 2. The Morgan fingerprint density at radius 2 is 2.08 bits per heavy atom. The molecular weight excluding hydrogens is 300 g/mol. The number of ether oxygens (including phenoxy) is 1. The van der Waals surface area contributed by atoms with Crippen LogP contribution >= 0.6 is 0 Å². The van der Waals surface area contributed by atoms with Gasteiger partial charge in [0.05, 0.1) is 10.6 Å². The summed E-state index contributed by atoms with van der Waals surface area (Å²) in [7, 11) is 2.14. The van der Waals surface area contributed by atoms with Gasteiger partial charge in [-0.1, -0.05) is 18.2 Å². The van der Waals surface area contributed by atoms with Gasteiger partial charge in [0.1, 0.15) is 6.10 Å². The van der Waals surface area contributed by atoms with Gasteiger partial charge in [0.2, 0.25) is 11.8 Å². The molecule has 24 heavy (non-hydrogen) atoms. The zero-order valence-electron chi connectivity index (χ0n) is 14.4. The fraction of sp³-hybridized carbons (Fsp3) is 0.579. The van der Waals surface area contributed by atoms with E-state index in [2.05, 4.69) is 40.1 Å². The van der Waals surface area contributed by atoms with Gasteiger partial charge < -0.3 is 15.4 Å². The molecule has 2 N–H and O–H groups in total. The topological polar surface area (TPSA) is 64.3 Å². The number of anilines is 1. The molecule has 0 saturated carbocycles. The first-order chi connectivity index (χ1) is 11.7. The molecule has 1 aromatic rings. The molecule has 1 aromatic heterocycles. The number of hydrogen-bond acceptors (Lipinski definition) is 5. The molecule has 2 heterocycles. The molecule has 0 bridgehead atoms. The zero-order valence-corrected chi connectivity index (χ0v) is 14.4. The molecule has 5 heteroatoms. The summed E-state index contributed by atoms with van der Waals surface area (Å²) in [4.78, 5) is 11.3. The quantitative estimate of drug-likeness (QED) is 0.885. The number of nitrogens with zero attached hydrogens (tertiary/aromatic N) is 3. The van der Waals surface area contributed by atoms with Crippen LogP contribution in [0.4, 0.5) is 5.95 Å². The predicted molar refractivity (Wildman–Crippen MR) is 95.8 cm³/mol. The Hall–Kier alpha value is -1.88. The van der Waals surface area contributed by atoms with Crippen LogP contribution in [0.2, 0.25) is 0 Å². The Labute approximate surface area is 142 Å². The third-order valence-corrected chi connectivity index (χ3v) is 5.34. The van der Waals surface area contributed by atoms with Crippen molar-refractivity contribution in [2.24, 2.45) is 5.92 Å². The minimum Gasteiger partial charge on any atom is -0.472 e. The van der Waals surface area contributed by atoms with Gasteiger partial charge >= 0.3 is 0 Å². The van der Waals surface area contributed by atoms with Crippen LogP contribution in [0.3, 0.4) is 0 Å². The van der Waals surface area contributed by atoms with Crippen molar-refractivity contribution in [3.05, 3.63) is 22.7 Å². The zero-order chi connectivity index (χ0) is 16.5. The summed E-state index contributed by atoms with van der Waals surface area (Å²) < 4.78 is 6.30. The van der Waals surface area contributed by atoms with Crippen LogP contribution < -0.4 is 21.0 Å². The standard InChI is InChI=1S/C19H26N4O/c1-23-11-5-8-14(12-23)24-18-16-10-4-7-13-6-2-3-9-15(13)17(16)21-19(20)22-18/h3,9-10,13-14H,2,4-8,11-12H2,1H3,(H2,20,21). The largest absolute Gasteiger partial charge is 0.472 e. The van der Waals surface area contributed by atoms with Crippen molar-refractivity contribution >= 4 is 17.6 Å². The first-order valence-electron chi connectivity index (χ1n) is 9.10. The smallest absolute Gasteiger partial charge is 0.226 e. The van der Waals surface area contributed by atoms with E-state index in [0.717, 1.165) is 49.3 Å². The molecular formula is C19H26N4O. The van der Waals surface area contributed by atoms with Crippen LogP contribution in [-0.4, -0.2) is 41.1 Å². The maximum absolute atomic E-state index is 6.30. The van der Waals surface area contributed by atoms with Gasteiger partial charge in [-0.2, -0.15) is 4.98 Å². The lowest BCUT2D eigenvalue weighted by Gasteiger charge is -2.29. The first-order valence-corrected chi connectivity index (χ1v) is 9.10. The van der Waals surface area contributed by atoms with Crippen molar-refractivity contribution in [1.82, 2.24) is 14.9 Å². The number of nitrogens with two attached hydrogens (primary N) is 1. The Balaban J connectivity index is 1.79. The fourth-order valence-corrected chi connectivity index (χ4v) is 4.13. The Bertz CT molecular complexity index is 770. The molecule has 2 aliphatic carbocycles. The van der Waals surface area contributed by atoms with Crippen LogP contribution in [-0.2, 0) is 0 Å². The van der Waals surface area contributed by atoms with Gasteiger partial charge in [0.25, 0.3) is 0 Å². The van der Waals surface area contributed by atoms with E-state index in [9.17, 15) is 0 Å². The Kier molecular flexibility index (Phi) is 4.27. The average molecular weight is 326 g/mol. The van der Waals surface area contributed by atoms with Crippen LogP contribution in [0.15, 0.2) is 12.2 Å². The Morgan fingerprint density at radius 3 is 2.96 bits per heavy atom. The van der Waals surface area contributed by atoms with Crippen molar-refractivity contribution < 1.29 is 4.74 Å². The number of piperidine rings is 1. The molecule has 1 fully saturated rings. The lowest BCUT2D eigenvalue weighted by atomic mass is 9.86. The summed E-state index contributed by atoms with van der Waals surface area (Å²) in [6.07, 6.45) is 13.7. The van der Waals surface area contributed by atoms with Crippen LogP contribution in [0.1, 0.15) is 38.5 Å². The van der Waals surface area contributed by atoms with Gasteiger partial charge in [-0.15, -0.1) is 0 Å². The van der Waals surface area contributed by atoms with Crippen molar-refractivity contribution in [3.63, 3.8) is 0 Å². The molecule has 1 aliphatic heterocycles. The van der Waals surface area contributed by atoms with E-state index in [1.54, 1.807) is 0 Å². The summed E-state index contributed by atoms with van der Waals surface area (Å²) in [6.45, 7) is 2.08. The molecule has 4 rings (SSSR count). The van der Waals surface area contributed by atoms with E-state index in [-0.39, 0.29) is 6.10 Å². The minimum atomic E-state index is 0.182. The number of allylic oxidation sites excluding steroid dienone is 2. The molecule has 1 saturated heterocycles. The second-order valence-electron chi connectivity index (χ2n) is 7.21. The third kappa shape index (κ3) is 3.05. The van der Waals surface area contributed by atoms with Gasteiger partial charge in [-0.05, 0) is 63.6 Å². The van der Waals surface area contributed by atoms with Gasteiger partial charge in [-0.25, -0.2) is 4.98 Å². The maximum Gasteiger partial charge on any atom is 0.226 e. The van der Waals surface area contributed by atoms with Crippen molar-refractivity contribution in [2.75, 3.05) is 25.9 Å². The normalized spacial score (nSPS) is 27.0. The molecule has 2 unspecified atom stereocenters. The number of likely N-dealkylation sites (tertiary alicyclic amines) is 1. The van der Waals surface area contributed by atoms with E-state index >= 15 is 0 Å². The number of aromatic nitrogens is 2. The van der Waals surface area contributed by atoms with Crippen LogP contribution in [0.5, 0.6) is 5.88 Å². The van der Waals surface area contributed by atoms with Crippen molar-refractivity contribution in [2.45, 2.75) is 44.6 Å². The predicted octanol–water partition coefficient (Wildman–Crippen LogP) is 1.22. The fourth-order valence-electron chi connectivity index (χ4n) is 4.13. The minimum absolute atomic E-state index is 0.182. The van der Waals surface area contributed by atoms with Crippen LogP contribution in [0.25, 0.3) is 11.6 Å². The van der Waals surface area contributed by atoms with E-state index in [0.29, 0.717) is 17.7 Å². The molecule has 0 spiro atoms. The highest BCUT2D eigenvalue weighted by Crippen LogP contribution is 2.29. The number of hydrogen-bond donors (Lipinski definition) is 1. The highest BCUT2D eigenvalue weighted by Gasteiger charge is 2.23. The monoisotopic (exact) mass is 326 g/mol. The van der Waals surface area contributed by atoms with E-state index in [4.69, 9.17) is 10.5 Å². The lowest BCUT2D eigenvalue weighted by molar-refractivity contribution is 0.0990. The summed E-state index contributed by atoms with van der Waals surface area (Å²) in [5.74, 6) is 1.56. The average Bonchev–Trinajstić information content (AvgIpc) is 2.75. The SMILES string of the molecule is CN1CCCC(Oc2nc(N)nc3c2=CCCC2CCC=CC=32)C1. The van der Waals surface area contributed by atoms with Gasteiger partial charge in [-0.3, -0.25) is 0 Å². The molecule has 128 valence electrons. The second kappa shape index (κ2) is 6.55. The van der Waals surface area contributed by atoms with E-state index < -0.39 is 0 Å².